The minimum absolute atomic E-state index is 0.139. The minimum atomic E-state index is -0.759. The summed E-state index contributed by atoms with van der Waals surface area (Å²) in [5.41, 5.74) is 3.53. The smallest absolute Gasteiger partial charge is 0.336 e. The number of esters is 2. The third kappa shape index (κ3) is 6.75. The van der Waals surface area contributed by atoms with Gasteiger partial charge in [-0.25, -0.2) is 9.59 Å². The van der Waals surface area contributed by atoms with E-state index in [1.165, 1.54) is 12.7 Å². The zero-order chi connectivity index (χ0) is 26.1. The van der Waals surface area contributed by atoms with E-state index in [-0.39, 0.29) is 18.8 Å². The summed E-state index contributed by atoms with van der Waals surface area (Å²) >= 11 is 6.53. The molecule has 0 bridgehead atoms. The van der Waals surface area contributed by atoms with Crippen molar-refractivity contribution in [1.82, 2.24) is 10.2 Å². The maximum Gasteiger partial charge on any atom is 0.336 e. The summed E-state index contributed by atoms with van der Waals surface area (Å²) in [7, 11) is 3.34. The second-order valence-corrected chi connectivity index (χ2v) is 8.91. The zero-order valence-corrected chi connectivity index (χ0v) is 21.9. The predicted molar refractivity (Wildman–Crippen MR) is 139 cm³/mol. The molecule has 0 fully saturated rings. The average molecular weight is 513 g/mol. The molecule has 1 atom stereocenters. The van der Waals surface area contributed by atoms with Gasteiger partial charge >= 0.3 is 11.9 Å². The predicted octanol–water partition coefficient (Wildman–Crippen LogP) is 4.44. The van der Waals surface area contributed by atoms with E-state index in [4.69, 9.17) is 25.8 Å². The zero-order valence-electron chi connectivity index (χ0n) is 21.2. The Hall–Kier alpha value is -3.13. The fraction of sp³-hybridized carbons (Fsp3) is 0.357. The standard InChI is InChI=1S/C28H33ClN2O5/c1-5-36-28(33)26-23(18-35-16-15-31(3)17-20-11-7-6-8-12-20)30-19(2)24(27(32)34-4)25(26)21-13-9-10-14-22(21)29/h6-14,25,30H,5,15-18H2,1-4H3. The van der Waals surface area contributed by atoms with Crippen LogP contribution in [0, 0.1) is 0 Å². The molecular formula is C28H33ClN2O5. The van der Waals surface area contributed by atoms with Gasteiger partial charge in [0.1, 0.15) is 0 Å². The first-order valence-corrected chi connectivity index (χ1v) is 12.3. The number of hydrogen-bond acceptors (Lipinski definition) is 7. The van der Waals surface area contributed by atoms with E-state index in [0.717, 1.165) is 6.54 Å². The van der Waals surface area contributed by atoms with Crippen LogP contribution in [-0.4, -0.2) is 57.4 Å². The molecule has 2 aromatic rings. The normalized spacial score (nSPS) is 15.7. The summed E-state index contributed by atoms with van der Waals surface area (Å²) in [5.74, 6) is -1.84. The highest BCUT2D eigenvalue weighted by atomic mass is 35.5. The van der Waals surface area contributed by atoms with Crippen LogP contribution in [0.25, 0.3) is 0 Å². The first-order chi connectivity index (χ1) is 17.4. The fourth-order valence-corrected chi connectivity index (χ4v) is 4.47. The summed E-state index contributed by atoms with van der Waals surface area (Å²) in [6, 6.07) is 17.3. The van der Waals surface area contributed by atoms with Crippen LogP contribution in [0.1, 0.15) is 30.9 Å². The topological polar surface area (TPSA) is 77.1 Å². The number of carbonyl (C=O) groups is 2. The van der Waals surface area contributed by atoms with Crippen LogP contribution in [0.15, 0.2) is 77.1 Å². The van der Waals surface area contributed by atoms with Gasteiger partial charge in [0.15, 0.2) is 0 Å². The van der Waals surface area contributed by atoms with E-state index >= 15 is 0 Å². The van der Waals surface area contributed by atoms with Gasteiger partial charge in [-0.15, -0.1) is 0 Å². The monoisotopic (exact) mass is 512 g/mol. The van der Waals surface area contributed by atoms with Gasteiger partial charge in [-0.2, -0.15) is 0 Å². The molecule has 2 aromatic carbocycles. The van der Waals surface area contributed by atoms with E-state index in [1.54, 1.807) is 32.0 Å². The van der Waals surface area contributed by atoms with Crippen molar-refractivity contribution in [3.63, 3.8) is 0 Å². The highest BCUT2D eigenvalue weighted by Gasteiger charge is 2.39. The molecule has 8 heteroatoms. The number of carbonyl (C=O) groups excluding carboxylic acids is 2. The lowest BCUT2D eigenvalue weighted by atomic mass is 9.80. The van der Waals surface area contributed by atoms with Crippen molar-refractivity contribution in [2.24, 2.45) is 0 Å². The van der Waals surface area contributed by atoms with Gasteiger partial charge in [-0.05, 0) is 38.1 Å². The number of allylic oxidation sites excluding steroid dienone is 1. The van der Waals surface area contributed by atoms with E-state index in [9.17, 15) is 9.59 Å². The van der Waals surface area contributed by atoms with Gasteiger partial charge in [0.25, 0.3) is 0 Å². The van der Waals surface area contributed by atoms with Crippen LogP contribution in [0.2, 0.25) is 5.02 Å². The molecule has 192 valence electrons. The Morgan fingerprint density at radius 1 is 1.03 bits per heavy atom. The lowest BCUT2D eigenvalue weighted by molar-refractivity contribution is -0.139. The van der Waals surface area contributed by atoms with E-state index < -0.39 is 17.9 Å². The van der Waals surface area contributed by atoms with Gasteiger partial charge in [0.05, 0.1) is 49.7 Å². The SMILES string of the molecule is CCOC(=O)C1=C(COCCN(C)Cc2ccccc2)NC(C)=C(C(=O)OC)C1c1ccccc1Cl. The molecule has 1 aliphatic rings. The fourth-order valence-electron chi connectivity index (χ4n) is 4.23. The van der Waals surface area contributed by atoms with Crippen molar-refractivity contribution in [2.75, 3.05) is 40.5 Å². The number of dihydropyridines is 1. The first kappa shape index (κ1) is 27.5. The lowest BCUT2D eigenvalue weighted by Crippen LogP contribution is -2.35. The van der Waals surface area contributed by atoms with Gasteiger partial charge < -0.3 is 19.5 Å². The summed E-state index contributed by atoms with van der Waals surface area (Å²) in [6.45, 7) is 5.79. The van der Waals surface area contributed by atoms with Crippen molar-refractivity contribution >= 4 is 23.5 Å². The molecule has 0 aliphatic carbocycles. The highest BCUT2D eigenvalue weighted by molar-refractivity contribution is 6.31. The average Bonchev–Trinajstić information content (AvgIpc) is 2.87. The third-order valence-corrected chi connectivity index (χ3v) is 6.27. The van der Waals surface area contributed by atoms with Crippen molar-refractivity contribution in [1.29, 1.82) is 0 Å². The Balaban J connectivity index is 1.85. The van der Waals surface area contributed by atoms with Crippen molar-refractivity contribution < 1.29 is 23.8 Å². The Morgan fingerprint density at radius 3 is 2.39 bits per heavy atom. The molecule has 0 saturated carbocycles. The minimum Gasteiger partial charge on any atom is -0.466 e. The third-order valence-electron chi connectivity index (χ3n) is 5.92. The molecule has 3 rings (SSSR count). The summed E-state index contributed by atoms with van der Waals surface area (Å²) in [5, 5.41) is 3.63. The van der Waals surface area contributed by atoms with Crippen molar-refractivity contribution in [3.05, 3.63) is 93.3 Å². The maximum atomic E-state index is 13.2. The molecule has 1 unspecified atom stereocenters. The number of rotatable bonds is 11. The number of methoxy groups -OCH3 is 1. The number of nitrogens with one attached hydrogen (secondary N) is 1. The van der Waals surface area contributed by atoms with Crippen molar-refractivity contribution in [3.8, 4) is 0 Å². The van der Waals surface area contributed by atoms with Crippen LogP contribution >= 0.6 is 11.6 Å². The molecule has 0 aromatic heterocycles. The second-order valence-electron chi connectivity index (χ2n) is 8.50. The van der Waals surface area contributed by atoms with E-state index in [0.29, 0.717) is 40.7 Å². The maximum absolute atomic E-state index is 13.2. The molecule has 0 radical (unpaired) electrons. The van der Waals surface area contributed by atoms with Crippen LogP contribution < -0.4 is 5.32 Å². The molecule has 7 nitrogen and oxygen atoms in total. The van der Waals surface area contributed by atoms with E-state index in [2.05, 4.69) is 22.3 Å². The number of halogens is 1. The quantitative estimate of drug-likeness (QED) is 0.352. The highest BCUT2D eigenvalue weighted by Crippen LogP contribution is 2.41. The summed E-state index contributed by atoms with van der Waals surface area (Å²) < 4.78 is 16.4. The molecule has 0 amide bonds. The Bertz CT molecular complexity index is 1130. The summed E-state index contributed by atoms with van der Waals surface area (Å²) in [4.78, 5) is 28.2. The molecule has 0 spiro atoms. The van der Waals surface area contributed by atoms with Crippen LogP contribution in [0.4, 0.5) is 0 Å². The van der Waals surface area contributed by atoms with Crippen LogP contribution in [-0.2, 0) is 30.3 Å². The number of ether oxygens (including phenoxy) is 3. The number of hydrogen-bond donors (Lipinski definition) is 1. The molecule has 0 saturated heterocycles. The lowest BCUT2D eigenvalue weighted by Gasteiger charge is -2.31. The Morgan fingerprint density at radius 2 is 1.72 bits per heavy atom. The largest absolute Gasteiger partial charge is 0.466 e. The van der Waals surface area contributed by atoms with E-state index in [1.807, 2.05) is 31.3 Å². The number of nitrogens with zero attached hydrogens (tertiary/aromatic N) is 1. The van der Waals surface area contributed by atoms with Crippen molar-refractivity contribution in [2.45, 2.75) is 26.3 Å². The number of benzene rings is 2. The summed E-state index contributed by atoms with van der Waals surface area (Å²) in [6.07, 6.45) is 0. The van der Waals surface area contributed by atoms with Gasteiger partial charge in [0, 0.05) is 23.8 Å². The first-order valence-electron chi connectivity index (χ1n) is 11.9. The molecule has 36 heavy (non-hydrogen) atoms. The number of likely N-dealkylation sites (N-methyl/N-ethyl adjacent to an activating group) is 1. The molecule has 1 N–H and O–H groups in total. The van der Waals surface area contributed by atoms with Crippen LogP contribution in [0.3, 0.4) is 0 Å². The van der Waals surface area contributed by atoms with Crippen LogP contribution in [0.5, 0.6) is 0 Å². The molecule has 1 heterocycles. The molecule has 1 aliphatic heterocycles. The Kier molecular flexibility index (Phi) is 10.1. The van der Waals surface area contributed by atoms with Gasteiger partial charge in [-0.1, -0.05) is 60.1 Å². The Labute approximate surface area is 217 Å². The van der Waals surface area contributed by atoms with Gasteiger partial charge in [0.2, 0.25) is 0 Å². The molecular weight excluding hydrogens is 480 g/mol. The second kappa shape index (κ2) is 13.3. The van der Waals surface area contributed by atoms with Gasteiger partial charge in [-0.3, -0.25) is 4.90 Å².